The second-order valence-electron chi connectivity index (χ2n) is 4.51. The Kier molecular flexibility index (Phi) is 4.09. The number of rotatable bonds is 5. The monoisotopic (exact) mass is 276 g/mol. The fourth-order valence-corrected chi connectivity index (χ4v) is 1.99. The van der Waals surface area contributed by atoms with E-state index in [0.29, 0.717) is 17.3 Å². The summed E-state index contributed by atoms with van der Waals surface area (Å²) >= 11 is 0. The van der Waals surface area contributed by atoms with Gasteiger partial charge in [0.15, 0.2) is 0 Å². The molecular weight excluding hydrogens is 260 g/mol. The molecule has 1 unspecified atom stereocenters. The predicted octanol–water partition coefficient (Wildman–Crippen LogP) is 2.62. The van der Waals surface area contributed by atoms with Crippen molar-refractivity contribution >= 4 is 5.69 Å². The minimum Gasteiger partial charge on any atom is -0.419 e. The van der Waals surface area contributed by atoms with Crippen LogP contribution in [0.15, 0.2) is 22.6 Å². The van der Waals surface area contributed by atoms with Crippen molar-refractivity contribution in [3.8, 4) is 11.5 Å². The zero-order valence-corrected chi connectivity index (χ0v) is 11.6. The number of non-ortho nitro benzene ring substituents is 1. The molecule has 0 saturated heterocycles. The van der Waals surface area contributed by atoms with Gasteiger partial charge < -0.3 is 9.73 Å². The van der Waals surface area contributed by atoms with E-state index in [1.165, 1.54) is 12.1 Å². The number of nitrogens with zero attached hydrogens (tertiary/aromatic N) is 3. The fraction of sp³-hybridized carbons (Fsp3) is 0.385. The van der Waals surface area contributed by atoms with Gasteiger partial charge in [-0.2, -0.15) is 0 Å². The van der Waals surface area contributed by atoms with E-state index in [1.54, 1.807) is 13.0 Å². The number of hydrogen-bond acceptors (Lipinski definition) is 6. The maximum absolute atomic E-state index is 10.9. The van der Waals surface area contributed by atoms with Gasteiger partial charge >= 0.3 is 0 Å². The predicted molar refractivity (Wildman–Crippen MR) is 73.2 cm³/mol. The quantitative estimate of drug-likeness (QED) is 0.666. The molecule has 0 spiro atoms. The lowest BCUT2D eigenvalue weighted by Crippen LogP contribution is -2.15. The molecule has 0 aliphatic carbocycles. The van der Waals surface area contributed by atoms with E-state index >= 15 is 0 Å². The third-order valence-electron chi connectivity index (χ3n) is 3.02. The molecule has 1 N–H and O–H groups in total. The topological polar surface area (TPSA) is 94.1 Å². The maximum Gasteiger partial charge on any atom is 0.270 e. The fourth-order valence-electron chi connectivity index (χ4n) is 1.99. The molecule has 1 atom stereocenters. The van der Waals surface area contributed by atoms with Crippen molar-refractivity contribution in [2.75, 3.05) is 7.05 Å². The van der Waals surface area contributed by atoms with Crippen LogP contribution in [0.25, 0.3) is 11.5 Å². The van der Waals surface area contributed by atoms with Gasteiger partial charge in [0.25, 0.3) is 5.69 Å². The Bertz CT molecular complexity index is 620. The van der Waals surface area contributed by atoms with Gasteiger partial charge in [0, 0.05) is 17.7 Å². The van der Waals surface area contributed by atoms with Crippen LogP contribution in [0.5, 0.6) is 0 Å². The molecule has 0 amide bonds. The summed E-state index contributed by atoms with van der Waals surface area (Å²) in [6.45, 7) is 3.79. The van der Waals surface area contributed by atoms with Gasteiger partial charge in [-0.25, -0.2) is 0 Å². The van der Waals surface area contributed by atoms with Gasteiger partial charge in [0.05, 0.1) is 11.0 Å². The van der Waals surface area contributed by atoms with Crippen molar-refractivity contribution in [1.82, 2.24) is 15.5 Å². The van der Waals surface area contributed by atoms with Crippen molar-refractivity contribution in [2.45, 2.75) is 26.3 Å². The van der Waals surface area contributed by atoms with E-state index in [-0.39, 0.29) is 11.7 Å². The molecule has 0 radical (unpaired) electrons. The first-order chi connectivity index (χ1) is 9.55. The Labute approximate surface area is 116 Å². The lowest BCUT2D eigenvalue weighted by molar-refractivity contribution is -0.384. The van der Waals surface area contributed by atoms with Crippen LogP contribution in [0.3, 0.4) is 0 Å². The first-order valence-electron chi connectivity index (χ1n) is 6.32. The van der Waals surface area contributed by atoms with Crippen molar-refractivity contribution in [3.63, 3.8) is 0 Å². The number of hydrogen-bond donors (Lipinski definition) is 1. The normalized spacial score (nSPS) is 12.3. The first kappa shape index (κ1) is 14.1. The summed E-state index contributed by atoms with van der Waals surface area (Å²) in [5.41, 5.74) is 1.34. The summed E-state index contributed by atoms with van der Waals surface area (Å²) in [6, 6.07) is 4.70. The third kappa shape index (κ3) is 2.83. The average Bonchev–Trinajstić information content (AvgIpc) is 2.89. The van der Waals surface area contributed by atoms with Gasteiger partial charge in [-0.15, -0.1) is 10.2 Å². The van der Waals surface area contributed by atoms with Gasteiger partial charge in [-0.3, -0.25) is 10.1 Å². The second-order valence-corrected chi connectivity index (χ2v) is 4.51. The zero-order chi connectivity index (χ0) is 14.7. The standard InChI is InChI=1S/C13H16N4O3/c1-4-11(14-3)13-16-15-12(20-13)9-5-8(2)6-10(7-9)17(18)19/h5-7,11,14H,4H2,1-3H3. The Hall–Kier alpha value is -2.28. The largest absolute Gasteiger partial charge is 0.419 e. The molecule has 2 rings (SSSR count). The first-order valence-corrected chi connectivity index (χ1v) is 6.32. The van der Waals surface area contributed by atoms with Crippen molar-refractivity contribution < 1.29 is 9.34 Å². The molecule has 1 aromatic carbocycles. The number of nitrogens with one attached hydrogen (secondary N) is 1. The second kappa shape index (κ2) is 5.79. The molecule has 0 fully saturated rings. The van der Waals surface area contributed by atoms with Crippen molar-refractivity contribution in [2.24, 2.45) is 0 Å². The maximum atomic E-state index is 10.9. The molecule has 2 aromatic rings. The SMILES string of the molecule is CCC(NC)c1nnc(-c2cc(C)cc([N+](=O)[O-])c2)o1. The summed E-state index contributed by atoms with van der Waals surface area (Å²) in [5.74, 6) is 0.773. The molecule has 0 bridgehead atoms. The van der Waals surface area contributed by atoms with Crippen molar-refractivity contribution in [3.05, 3.63) is 39.8 Å². The average molecular weight is 276 g/mol. The summed E-state index contributed by atoms with van der Waals surface area (Å²) in [7, 11) is 1.82. The Balaban J connectivity index is 2.39. The highest BCUT2D eigenvalue weighted by Gasteiger charge is 2.18. The summed E-state index contributed by atoms with van der Waals surface area (Å²) < 4.78 is 5.60. The Morgan fingerprint density at radius 1 is 1.40 bits per heavy atom. The van der Waals surface area contributed by atoms with Crippen LogP contribution in [-0.4, -0.2) is 22.2 Å². The molecule has 0 saturated carbocycles. The molecule has 0 aliphatic rings. The van der Waals surface area contributed by atoms with Crippen LogP contribution in [0.2, 0.25) is 0 Å². The van der Waals surface area contributed by atoms with E-state index in [1.807, 2.05) is 14.0 Å². The number of aryl methyl sites for hydroxylation is 1. The number of nitro groups is 1. The van der Waals surface area contributed by atoms with E-state index in [4.69, 9.17) is 4.42 Å². The zero-order valence-electron chi connectivity index (χ0n) is 11.6. The third-order valence-corrected chi connectivity index (χ3v) is 3.02. The number of aromatic nitrogens is 2. The molecule has 7 nitrogen and oxygen atoms in total. The van der Waals surface area contributed by atoms with Gasteiger partial charge in [0.2, 0.25) is 11.8 Å². The van der Waals surface area contributed by atoms with Crippen LogP contribution in [-0.2, 0) is 0 Å². The molecule has 1 heterocycles. The van der Waals surface area contributed by atoms with Gasteiger partial charge in [0.1, 0.15) is 0 Å². The molecule has 0 aliphatic heterocycles. The van der Waals surface area contributed by atoms with Crippen LogP contribution in [0.1, 0.15) is 30.8 Å². The molecule has 106 valence electrons. The molecule has 1 aromatic heterocycles. The molecule has 7 heteroatoms. The summed E-state index contributed by atoms with van der Waals surface area (Å²) in [6.07, 6.45) is 0.812. The van der Waals surface area contributed by atoms with Crippen molar-refractivity contribution in [1.29, 1.82) is 0 Å². The minimum atomic E-state index is -0.434. The smallest absolute Gasteiger partial charge is 0.270 e. The van der Waals surface area contributed by atoms with Gasteiger partial charge in [-0.05, 0) is 32.0 Å². The number of nitro benzene ring substituents is 1. The Morgan fingerprint density at radius 2 is 2.15 bits per heavy atom. The minimum absolute atomic E-state index is 0.0143. The highest BCUT2D eigenvalue weighted by Crippen LogP contribution is 2.26. The molecular formula is C13H16N4O3. The lowest BCUT2D eigenvalue weighted by Gasteiger charge is -2.07. The van der Waals surface area contributed by atoms with Crippen LogP contribution >= 0.6 is 0 Å². The Morgan fingerprint density at radius 3 is 2.75 bits per heavy atom. The highest BCUT2D eigenvalue weighted by atomic mass is 16.6. The lowest BCUT2D eigenvalue weighted by atomic mass is 10.1. The van der Waals surface area contributed by atoms with E-state index in [0.717, 1.165) is 12.0 Å². The molecule has 20 heavy (non-hydrogen) atoms. The summed E-state index contributed by atoms with van der Waals surface area (Å²) in [4.78, 5) is 10.4. The van der Waals surface area contributed by atoms with Crippen LogP contribution in [0.4, 0.5) is 5.69 Å². The van der Waals surface area contributed by atoms with E-state index in [2.05, 4.69) is 15.5 Å². The van der Waals surface area contributed by atoms with Crippen LogP contribution < -0.4 is 5.32 Å². The number of benzene rings is 1. The van der Waals surface area contributed by atoms with E-state index < -0.39 is 4.92 Å². The van der Waals surface area contributed by atoms with Crippen LogP contribution in [0, 0.1) is 17.0 Å². The van der Waals surface area contributed by atoms with Gasteiger partial charge in [-0.1, -0.05) is 6.92 Å². The highest BCUT2D eigenvalue weighted by molar-refractivity contribution is 5.59. The summed E-state index contributed by atoms with van der Waals surface area (Å²) in [5, 5.41) is 21.9. The van der Waals surface area contributed by atoms with E-state index in [9.17, 15) is 10.1 Å².